The van der Waals surface area contributed by atoms with Crippen LogP contribution in [-0.2, 0) is 17.9 Å². The van der Waals surface area contributed by atoms with Crippen molar-refractivity contribution in [2.45, 2.75) is 20.0 Å². The maximum atomic E-state index is 12.6. The topological polar surface area (TPSA) is 82.5 Å². The molecule has 30 heavy (non-hydrogen) atoms. The molecule has 1 aromatic heterocycles. The second-order valence-corrected chi connectivity index (χ2v) is 7.06. The summed E-state index contributed by atoms with van der Waals surface area (Å²) in [6.07, 6.45) is 0. The third-order valence-electron chi connectivity index (χ3n) is 4.46. The molecule has 0 bridgehead atoms. The highest BCUT2D eigenvalue weighted by Crippen LogP contribution is 2.27. The number of nitrogens with one attached hydrogen (secondary N) is 1. The van der Waals surface area contributed by atoms with E-state index in [2.05, 4.69) is 10.3 Å². The summed E-state index contributed by atoms with van der Waals surface area (Å²) in [4.78, 5) is 29.6. The van der Waals surface area contributed by atoms with E-state index in [-0.39, 0.29) is 24.6 Å². The van der Waals surface area contributed by atoms with Crippen LogP contribution in [0.15, 0.2) is 53.3 Å². The predicted molar refractivity (Wildman–Crippen MR) is 115 cm³/mol. The Balaban J connectivity index is 1.79. The van der Waals surface area contributed by atoms with E-state index in [1.54, 1.807) is 57.5 Å². The van der Waals surface area contributed by atoms with E-state index in [0.717, 1.165) is 5.56 Å². The van der Waals surface area contributed by atoms with E-state index in [9.17, 15) is 9.59 Å². The van der Waals surface area contributed by atoms with Crippen LogP contribution in [0.2, 0.25) is 5.02 Å². The summed E-state index contributed by atoms with van der Waals surface area (Å²) in [5, 5.41) is 3.34. The molecule has 3 rings (SSSR count). The van der Waals surface area contributed by atoms with Gasteiger partial charge in [-0.3, -0.25) is 14.2 Å². The molecule has 0 saturated heterocycles. The summed E-state index contributed by atoms with van der Waals surface area (Å²) < 4.78 is 11.8. The fraction of sp³-hybridized carbons (Fsp3) is 0.227. The number of benzene rings is 2. The van der Waals surface area contributed by atoms with Crippen LogP contribution in [0.1, 0.15) is 11.3 Å². The van der Waals surface area contributed by atoms with E-state index < -0.39 is 0 Å². The van der Waals surface area contributed by atoms with E-state index >= 15 is 0 Å². The Morgan fingerprint density at radius 2 is 1.87 bits per heavy atom. The number of nitrogens with zero attached hydrogens (tertiary/aromatic N) is 2. The Kier molecular flexibility index (Phi) is 6.74. The Morgan fingerprint density at radius 3 is 2.57 bits per heavy atom. The SMILES string of the molecule is COc1ccc(CNC(=O)Cn2c(-c3cccc(Cl)c3)nc(C)cc2=O)cc1OC. The van der Waals surface area contributed by atoms with Crippen LogP contribution < -0.4 is 20.3 Å². The zero-order valence-electron chi connectivity index (χ0n) is 16.9. The van der Waals surface area contributed by atoms with Crippen molar-refractivity contribution >= 4 is 17.5 Å². The summed E-state index contributed by atoms with van der Waals surface area (Å²) >= 11 is 6.08. The molecule has 0 spiro atoms. The van der Waals surface area contributed by atoms with Gasteiger partial charge in [-0.1, -0.05) is 29.8 Å². The lowest BCUT2D eigenvalue weighted by atomic mass is 10.2. The first kappa shape index (κ1) is 21.4. The monoisotopic (exact) mass is 427 g/mol. The van der Waals surface area contributed by atoms with E-state index in [0.29, 0.717) is 33.6 Å². The van der Waals surface area contributed by atoms with Gasteiger partial charge in [0.2, 0.25) is 5.91 Å². The summed E-state index contributed by atoms with van der Waals surface area (Å²) in [5.74, 6) is 1.26. The minimum Gasteiger partial charge on any atom is -0.493 e. The zero-order chi connectivity index (χ0) is 21.7. The number of hydrogen-bond donors (Lipinski definition) is 1. The van der Waals surface area contributed by atoms with Gasteiger partial charge in [-0.25, -0.2) is 4.98 Å². The first-order valence-electron chi connectivity index (χ1n) is 9.23. The van der Waals surface area contributed by atoms with Gasteiger partial charge in [0.25, 0.3) is 5.56 Å². The molecule has 0 radical (unpaired) electrons. The van der Waals surface area contributed by atoms with Crippen molar-refractivity contribution in [2.75, 3.05) is 14.2 Å². The van der Waals surface area contributed by atoms with Crippen LogP contribution in [0.5, 0.6) is 11.5 Å². The van der Waals surface area contributed by atoms with Gasteiger partial charge < -0.3 is 14.8 Å². The van der Waals surface area contributed by atoms with Crippen molar-refractivity contribution in [3.05, 3.63) is 75.2 Å². The lowest BCUT2D eigenvalue weighted by molar-refractivity contribution is -0.121. The van der Waals surface area contributed by atoms with Crippen molar-refractivity contribution in [3.8, 4) is 22.9 Å². The molecule has 1 amide bonds. The number of halogens is 1. The second kappa shape index (κ2) is 9.45. The van der Waals surface area contributed by atoms with Gasteiger partial charge in [0, 0.05) is 28.9 Å². The zero-order valence-corrected chi connectivity index (χ0v) is 17.7. The van der Waals surface area contributed by atoms with Crippen LogP contribution in [0.3, 0.4) is 0 Å². The van der Waals surface area contributed by atoms with E-state index in [1.807, 2.05) is 6.07 Å². The molecule has 0 aliphatic carbocycles. The van der Waals surface area contributed by atoms with Crippen molar-refractivity contribution in [1.82, 2.24) is 14.9 Å². The molecule has 0 fully saturated rings. The maximum absolute atomic E-state index is 12.6. The molecule has 0 unspecified atom stereocenters. The molecule has 0 aliphatic rings. The number of aryl methyl sites for hydroxylation is 1. The van der Waals surface area contributed by atoms with E-state index in [1.165, 1.54) is 10.6 Å². The fourth-order valence-corrected chi connectivity index (χ4v) is 3.20. The number of carbonyl (C=O) groups is 1. The van der Waals surface area contributed by atoms with Crippen LogP contribution >= 0.6 is 11.6 Å². The molecule has 1 N–H and O–H groups in total. The highest BCUT2D eigenvalue weighted by molar-refractivity contribution is 6.30. The second-order valence-electron chi connectivity index (χ2n) is 6.62. The average Bonchev–Trinajstić information content (AvgIpc) is 2.73. The van der Waals surface area contributed by atoms with Crippen molar-refractivity contribution in [1.29, 1.82) is 0 Å². The van der Waals surface area contributed by atoms with Gasteiger partial charge in [-0.15, -0.1) is 0 Å². The third-order valence-corrected chi connectivity index (χ3v) is 4.69. The first-order valence-corrected chi connectivity index (χ1v) is 9.61. The van der Waals surface area contributed by atoms with E-state index in [4.69, 9.17) is 21.1 Å². The minimum absolute atomic E-state index is 0.165. The molecule has 7 nitrogen and oxygen atoms in total. The first-order chi connectivity index (χ1) is 14.4. The fourth-order valence-electron chi connectivity index (χ4n) is 3.01. The maximum Gasteiger partial charge on any atom is 0.254 e. The standard InChI is InChI=1S/C22H22ClN3O4/c1-14-9-21(28)26(22(25-14)16-5-4-6-17(23)11-16)13-20(27)24-12-15-7-8-18(29-2)19(10-15)30-3/h4-11H,12-13H2,1-3H3,(H,24,27). The van der Waals surface area contributed by atoms with Crippen LogP contribution in [0.4, 0.5) is 0 Å². The molecule has 1 heterocycles. The lowest BCUT2D eigenvalue weighted by Gasteiger charge is -2.14. The Hall–Kier alpha value is -3.32. The van der Waals surface area contributed by atoms with Crippen LogP contribution in [-0.4, -0.2) is 29.7 Å². The number of ether oxygens (including phenoxy) is 2. The van der Waals surface area contributed by atoms with Crippen molar-refractivity contribution in [2.24, 2.45) is 0 Å². The van der Waals surface area contributed by atoms with Gasteiger partial charge in [-0.05, 0) is 36.8 Å². The summed E-state index contributed by atoms with van der Waals surface area (Å²) in [5.41, 5.74) is 1.76. The molecule has 3 aromatic rings. The quantitative estimate of drug-likeness (QED) is 0.626. The highest BCUT2D eigenvalue weighted by Gasteiger charge is 2.14. The minimum atomic E-state index is -0.319. The highest BCUT2D eigenvalue weighted by atomic mass is 35.5. The smallest absolute Gasteiger partial charge is 0.254 e. The van der Waals surface area contributed by atoms with Gasteiger partial charge in [-0.2, -0.15) is 0 Å². The number of methoxy groups -OCH3 is 2. The number of amides is 1. The number of aromatic nitrogens is 2. The van der Waals surface area contributed by atoms with Gasteiger partial charge >= 0.3 is 0 Å². The number of carbonyl (C=O) groups excluding carboxylic acids is 1. The normalized spacial score (nSPS) is 10.5. The Morgan fingerprint density at radius 1 is 1.10 bits per heavy atom. The molecule has 0 atom stereocenters. The summed E-state index contributed by atoms with van der Waals surface area (Å²) in [6.45, 7) is 1.85. The molecule has 2 aromatic carbocycles. The summed E-state index contributed by atoms with van der Waals surface area (Å²) in [7, 11) is 3.11. The number of hydrogen-bond acceptors (Lipinski definition) is 5. The molecule has 0 saturated carbocycles. The Labute approximate surface area is 179 Å². The summed E-state index contributed by atoms with van der Waals surface area (Å²) in [6, 6.07) is 13.8. The van der Waals surface area contributed by atoms with Crippen LogP contribution in [0.25, 0.3) is 11.4 Å². The Bertz CT molecular complexity index is 1130. The predicted octanol–water partition coefficient (Wildman–Crippen LogP) is 3.21. The molecular weight excluding hydrogens is 406 g/mol. The molecular formula is C22H22ClN3O4. The molecule has 156 valence electrons. The average molecular weight is 428 g/mol. The van der Waals surface area contributed by atoms with Gasteiger partial charge in [0.05, 0.1) is 14.2 Å². The van der Waals surface area contributed by atoms with Gasteiger partial charge in [0.15, 0.2) is 11.5 Å². The van der Waals surface area contributed by atoms with Crippen molar-refractivity contribution < 1.29 is 14.3 Å². The number of rotatable bonds is 7. The van der Waals surface area contributed by atoms with Gasteiger partial charge in [0.1, 0.15) is 12.4 Å². The molecule has 0 aliphatic heterocycles. The van der Waals surface area contributed by atoms with Crippen LogP contribution in [0, 0.1) is 6.92 Å². The van der Waals surface area contributed by atoms with Crippen molar-refractivity contribution in [3.63, 3.8) is 0 Å². The largest absolute Gasteiger partial charge is 0.493 e. The third kappa shape index (κ3) is 4.99. The lowest BCUT2D eigenvalue weighted by Crippen LogP contribution is -2.33. The molecule has 8 heteroatoms.